The number of hydrogen-bond donors (Lipinski definition) is 3. The summed E-state index contributed by atoms with van der Waals surface area (Å²) in [4.78, 5) is 12.0. The average Bonchev–Trinajstić information content (AvgIpc) is 2.94. The molecule has 0 heterocycles. The van der Waals surface area contributed by atoms with Gasteiger partial charge in [-0.15, -0.1) is 0 Å². The van der Waals surface area contributed by atoms with Crippen molar-refractivity contribution in [2.75, 3.05) is 19.7 Å². The smallest absolute Gasteiger partial charge is 0.223 e. The van der Waals surface area contributed by atoms with E-state index in [-0.39, 0.29) is 23.8 Å². The van der Waals surface area contributed by atoms with Crippen molar-refractivity contribution in [2.45, 2.75) is 32.1 Å². The molecule has 2 unspecified atom stereocenters. The Hall–Kier alpha value is -0.610. The van der Waals surface area contributed by atoms with Crippen LogP contribution < -0.4 is 11.1 Å². The largest absolute Gasteiger partial charge is 0.396 e. The number of rotatable bonds is 5. The minimum atomic E-state index is 0.00642. The van der Waals surface area contributed by atoms with Crippen molar-refractivity contribution in [3.8, 4) is 0 Å². The maximum atomic E-state index is 12.0. The summed E-state index contributed by atoms with van der Waals surface area (Å²) in [5.41, 5.74) is 5.67. The highest BCUT2D eigenvalue weighted by molar-refractivity contribution is 5.79. The number of carbonyl (C=O) groups excluding carboxylic acids is 1. The maximum Gasteiger partial charge on any atom is 0.223 e. The molecular weight excluding hydrogens is 204 g/mol. The second-order valence-corrected chi connectivity index (χ2v) is 5.41. The standard InChI is InChI=1S/C12H22N2O2/c13-6-9-2-1-3-10(9)11(16)14-7-12(8-15)4-5-12/h9-10,15H,1-8,13H2,(H,14,16). The van der Waals surface area contributed by atoms with E-state index in [1.807, 2.05) is 0 Å². The molecule has 0 aliphatic heterocycles. The molecule has 2 atom stereocenters. The van der Waals surface area contributed by atoms with Gasteiger partial charge in [-0.25, -0.2) is 0 Å². The van der Waals surface area contributed by atoms with Crippen LogP contribution in [0.5, 0.6) is 0 Å². The van der Waals surface area contributed by atoms with Crippen LogP contribution in [0.25, 0.3) is 0 Å². The van der Waals surface area contributed by atoms with Gasteiger partial charge in [0.05, 0.1) is 6.61 Å². The van der Waals surface area contributed by atoms with E-state index in [2.05, 4.69) is 5.32 Å². The van der Waals surface area contributed by atoms with Gasteiger partial charge in [-0.05, 0) is 38.1 Å². The molecular formula is C12H22N2O2. The lowest BCUT2D eigenvalue weighted by Crippen LogP contribution is -2.38. The lowest BCUT2D eigenvalue weighted by Gasteiger charge is -2.19. The summed E-state index contributed by atoms with van der Waals surface area (Å²) in [7, 11) is 0. The van der Waals surface area contributed by atoms with Crippen LogP contribution in [-0.2, 0) is 4.79 Å². The highest BCUT2D eigenvalue weighted by Crippen LogP contribution is 2.44. The molecule has 0 aromatic heterocycles. The van der Waals surface area contributed by atoms with Gasteiger partial charge in [-0.2, -0.15) is 0 Å². The van der Waals surface area contributed by atoms with Crippen molar-refractivity contribution < 1.29 is 9.90 Å². The van der Waals surface area contributed by atoms with Gasteiger partial charge in [0.2, 0.25) is 5.91 Å². The van der Waals surface area contributed by atoms with Crippen LogP contribution in [0.1, 0.15) is 32.1 Å². The van der Waals surface area contributed by atoms with Gasteiger partial charge < -0.3 is 16.2 Å². The molecule has 0 aromatic carbocycles. The molecule has 4 heteroatoms. The van der Waals surface area contributed by atoms with E-state index in [0.717, 1.165) is 32.1 Å². The fourth-order valence-electron chi connectivity index (χ4n) is 2.64. The molecule has 2 aliphatic carbocycles. The molecule has 2 rings (SSSR count). The Morgan fingerprint density at radius 3 is 2.75 bits per heavy atom. The van der Waals surface area contributed by atoms with E-state index < -0.39 is 0 Å². The van der Waals surface area contributed by atoms with Gasteiger partial charge in [0.15, 0.2) is 0 Å². The highest BCUT2D eigenvalue weighted by Gasteiger charge is 2.43. The van der Waals surface area contributed by atoms with Crippen molar-refractivity contribution >= 4 is 5.91 Å². The zero-order chi connectivity index (χ0) is 11.6. The van der Waals surface area contributed by atoms with Gasteiger partial charge >= 0.3 is 0 Å². The third-order valence-corrected chi connectivity index (χ3v) is 4.23. The first-order valence-electron chi connectivity index (χ1n) is 6.29. The zero-order valence-corrected chi connectivity index (χ0v) is 9.74. The number of hydrogen-bond acceptors (Lipinski definition) is 3. The summed E-state index contributed by atoms with van der Waals surface area (Å²) in [5.74, 6) is 0.622. The first-order valence-corrected chi connectivity index (χ1v) is 6.29. The highest BCUT2D eigenvalue weighted by atomic mass is 16.3. The Kier molecular flexibility index (Phi) is 3.50. The van der Waals surface area contributed by atoms with Gasteiger partial charge in [0.1, 0.15) is 0 Å². The molecule has 0 spiro atoms. The molecule has 2 saturated carbocycles. The van der Waals surface area contributed by atoms with E-state index in [9.17, 15) is 4.79 Å². The predicted octanol–water partition coefficient (Wildman–Crippen LogP) is 0.250. The predicted molar refractivity (Wildman–Crippen MR) is 61.6 cm³/mol. The Morgan fingerprint density at radius 1 is 1.44 bits per heavy atom. The molecule has 4 nitrogen and oxygen atoms in total. The Bertz CT molecular complexity index is 264. The second-order valence-electron chi connectivity index (χ2n) is 5.41. The number of nitrogens with two attached hydrogens (primary N) is 1. The molecule has 2 aliphatic rings. The minimum absolute atomic E-state index is 0.00642. The Morgan fingerprint density at radius 2 is 2.19 bits per heavy atom. The number of aliphatic hydroxyl groups excluding tert-OH is 1. The first kappa shape index (κ1) is 11.9. The SMILES string of the molecule is NCC1CCCC1C(=O)NCC1(CO)CC1. The van der Waals surface area contributed by atoms with Crippen LogP contribution >= 0.6 is 0 Å². The summed E-state index contributed by atoms with van der Waals surface area (Å²) in [6.07, 6.45) is 5.24. The van der Waals surface area contributed by atoms with Crippen LogP contribution in [-0.4, -0.2) is 30.7 Å². The summed E-state index contributed by atoms with van der Waals surface area (Å²) in [6.45, 7) is 1.44. The first-order chi connectivity index (χ1) is 7.71. The van der Waals surface area contributed by atoms with Gasteiger partial charge in [0, 0.05) is 17.9 Å². The van der Waals surface area contributed by atoms with Crippen LogP contribution in [0.4, 0.5) is 0 Å². The monoisotopic (exact) mass is 226 g/mol. The molecule has 2 fully saturated rings. The summed E-state index contributed by atoms with van der Waals surface area (Å²) >= 11 is 0. The third kappa shape index (κ3) is 2.38. The van der Waals surface area contributed by atoms with Crippen LogP contribution in [0, 0.1) is 17.3 Å². The number of nitrogens with one attached hydrogen (secondary N) is 1. The number of amides is 1. The van der Waals surface area contributed by atoms with E-state index in [1.54, 1.807) is 0 Å². The summed E-state index contributed by atoms with van der Waals surface area (Å²) < 4.78 is 0. The van der Waals surface area contributed by atoms with E-state index in [4.69, 9.17) is 10.8 Å². The van der Waals surface area contributed by atoms with E-state index in [0.29, 0.717) is 19.0 Å². The average molecular weight is 226 g/mol. The molecule has 16 heavy (non-hydrogen) atoms. The lowest BCUT2D eigenvalue weighted by atomic mass is 9.95. The fraction of sp³-hybridized carbons (Fsp3) is 0.917. The molecule has 0 aromatic rings. The van der Waals surface area contributed by atoms with Crippen LogP contribution in [0.15, 0.2) is 0 Å². The quantitative estimate of drug-likeness (QED) is 0.629. The second kappa shape index (κ2) is 4.72. The molecule has 92 valence electrons. The van der Waals surface area contributed by atoms with Gasteiger partial charge in [-0.3, -0.25) is 4.79 Å². The normalized spacial score (nSPS) is 31.4. The Labute approximate surface area is 96.6 Å². The van der Waals surface area contributed by atoms with Crippen molar-refractivity contribution in [1.82, 2.24) is 5.32 Å². The molecule has 0 saturated heterocycles. The van der Waals surface area contributed by atoms with E-state index >= 15 is 0 Å². The van der Waals surface area contributed by atoms with Gasteiger partial charge in [0.25, 0.3) is 0 Å². The van der Waals surface area contributed by atoms with Gasteiger partial charge in [-0.1, -0.05) is 6.42 Å². The fourth-order valence-corrected chi connectivity index (χ4v) is 2.64. The van der Waals surface area contributed by atoms with Crippen molar-refractivity contribution in [3.05, 3.63) is 0 Å². The lowest BCUT2D eigenvalue weighted by molar-refractivity contribution is -0.126. The molecule has 4 N–H and O–H groups in total. The van der Waals surface area contributed by atoms with Crippen LogP contribution in [0.2, 0.25) is 0 Å². The molecule has 0 bridgehead atoms. The van der Waals surface area contributed by atoms with Crippen molar-refractivity contribution in [1.29, 1.82) is 0 Å². The Balaban J connectivity index is 1.79. The molecule has 1 amide bonds. The number of carbonyl (C=O) groups is 1. The number of aliphatic hydroxyl groups is 1. The van der Waals surface area contributed by atoms with Crippen LogP contribution in [0.3, 0.4) is 0 Å². The molecule has 0 radical (unpaired) electrons. The summed E-state index contributed by atoms with van der Waals surface area (Å²) in [6, 6.07) is 0. The summed E-state index contributed by atoms with van der Waals surface area (Å²) in [5, 5.41) is 12.1. The zero-order valence-electron chi connectivity index (χ0n) is 9.74. The topological polar surface area (TPSA) is 75.4 Å². The van der Waals surface area contributed by atoms with Crippen molar-refractivity contribution in [2.24, 2.45) is 23.0 Å². The van der Waals surface area contributed by atoms with E-state index in [1.165, 1.54) is 0 Å². The van der Waals surface area contributed by atoms with Crippen molar-refractivity contribution in [3.63, 3.8) is 0 Å². The maximum absolute atomic E-state index is 12.0. The minimum Gasteiger partial charge on any atom is -0.396 e. The third-order valence-electron chi connectivity index (χ3n) is 4.23.